The van der Waals surface area contributed by atoms with Crippen LogP contribution in [0.3, 0.4) is 0 Å². The fourth-order valence-electron chi connectivity index (χ4n) is 1.42. The largest absolute Gasteiger partial charge is 0.388 e. The summed E-state index contributed by atoms with van der Waals surface area (Å²) in [4.78, 5) is 8.28. The van der Waals surface area contributed by atoms with Gasteiger partial charge in [0.15, 0.2) is 0 Å². The van der Waals surface area contributed by atoms with E-state index < -0.39 is 5.60 Å². The first-order chi connectivity index (χ1) is 8.46. The predicted molar refractivity (Wildman–Crippen MR) is 70.2 cm³/mol. The molecule has 102 valence electrons. The number of hydrogen-bond donors (Lipinski definition) is 4. The lowest BCUT2D eigenvalue weighted by molar-refractivity contribution is 0.0357. The van der Waals surface area contributed by atoms with Gasteiger partial charge >= 0.3 is 0 Å². The van der Waals surface area contributed by atoms with Crippen LogP contribution < -0.4 is 16.6 Å². The molecule has 7 heteroatoms. The summed E-state index contributed by atoms with van der Waals surface area (Å²) in [5, 5.41) is 13.1. The third kappa shape index (κ3) is 4.82. The number of nitrogens with zero attached hydrogens (tertiary/aromatic N) is 2. The molecular weight excluding hydrogens is 234 g/mol. The summed E-state index contributed by atoms with van der Waals surface area (Å²) in [7, 11) is 1.61. The van der Waals surface area contributed by atoms with Gasteiger partial charge in [0.05, 0.1) is 5.60 Å². The highest BCUT2D eigenvalue weighted by Crippen LogP contribution is 2.14. The molecule has 0 saturated carbocycles. The van der Waals surface area contributed by atoms with Crippen molar-refractivity contribution in [3.8, 4) is 0 Å². The summed E-state index contributed by atoms with van der Waals surface area (Å²) < 4.78 is 4.95. The topological polar surface area (TPSA) is 105 Å². The van der Waals surface area contributed by atoms with Crippen LogP contribution in [0.4, 0.5) is 11.6 Å². The number of anilines is 2. The summed E-state index contributed by atoms with van der Waals surface area (Å²) in [6, 6.07) is 1.68. The first kappa shape index (κ1) is 14.6. The van der Waals surface area contributed by atoms with E-state index in [1.54, 1.807) is 27.0 Å². The number of methoxy groups -OCH3 is 1. The quantitative estimate of drug-likeness (QED) is 0.409. The van der Waals surface area contributed by atoms with Crippen LogP contribution in [0.5, 0.6) is 0 Å². The second kappa shape index (κ2) is 6.48. The molecule has 0 aliphatic rings. The molecule has 0 bridgehead atoms. The van der Waals surface area contributed by atoms with E-state index in [1.807, 2.05) is 0 Å². The molecule has 7 nitrogen and oxygen atoms in total. The SMILES string of the molecule is COCCC(C)(O)CNc1cc(NN)nc(C)n1. The summed E-state index contributed by atoms with van der Waals surface area (Å²) in [6.45, 7) is 4.40. The fourth-order valence-corrected chi connectivity index (χ4v) is 1.42. The highest BCUT2D eigenvalue weighted by molar-refractivity contribution is 5.46. The van der Waals surface area contributed by atoms with Gasteiger partial charge in [0.2, 0.25) is 0 Å². The van der Waals surface area contributed by atoms with Crippen LogP contribution in [0.2, 0.25) is 0 Å². The van der Waals surface area contributed by atoms with Gasteiger partial charge in [-0.1, -0.05) is 0 Å². The molecule has 1 aromatic heterocycles. The van der Waals surface area contributed by atoms with Crippen LogP contribution in [-0.4, -0.2) is 40.9 Å². The molecule has 0 radical (unpaired) electrons. The summed E-state index contributed by atoms with van der Waals surface area (Å²) in [6.07, 6.45) is 0.544. The molecule has 0 aromatic carbocycles. The van der Waals surface area contributed by atoms with Crippen molar-refractivity contribution < 1.29 is 9.84 Å². The van der Waals surface area contributed by atoms with Crippen molar-refractivity contribution in [1.82, 2.24) is 9.97 Å². The van der Waals surface area contributed by atoms with Crippen molar-refractivity contribution in [1.29, 1.82) is 0 Å². The van der Waals surface area contributed by atoms with E-state index in [0.717, 1.165) is 0 Å². The monoisotopic (exact) mass is 255 g/mol. The predicted octanol–water partition coefficient (Wildman–Crippen LogP) is 0.270. The van der Waals surface area contributed by atoms with Gasteiger partial charge in [-0.15, -0.1) is 0 Å². The third-order valence-corrected chi connectivity index (χ3v) is 2.48. The number of nitrogen functional groups attached to an aromatic ring is 1. The van der Waals surface area contributed by atoms with E-state index in [0.29, 0.717) is 37.0 Å². The molecule has 5 N–H and O–H groups in total. The minimum absolute atomic E-state index is 0.372. The van der Waals surface area contributed by atoms with Gasteiger partial charge in [0.1, 0.15) is 17.5 Å². The minimum Gasteiger partial charge on any atom is -0.388 e. The maximum Gasteiger partial charge on any atom is 0.145 e. The molecule has 1 atom stereocenters. The Morgan fingerprint density at radius 2 is 2.11 bits per heavy atom. The molecule has 0 saturated heterocycles. The first-order valence-corrected chi connectivity index (χ1v) is 5.74. The molecule has 0 aliphatic carbocycles. The van der Waals surface area contributed by atoms with Crippen molar-refractivity contribution in [2.45, 2.75) is 25.9 Å². The zero-order valence-electron chi connectivity index (χ0n) is 11.0. The van der Waals surface area contributed by atoms with Gasteiger partial charge in [0, 0.05) is 32.7 Å². The van der Waals surface area contributed by atoms with E-state index in [9.17, 15) is 5.11 Å². The van der Waals surface area contributed by atoms with E-state index in [2.05, 4.69) is 20.7 Å². The number of ether oxygens (including phenoxy) is 1. The molecule has 0 amide bonds. The van der Waals surface area contributed by atoms with Crippen molar-refractivity contribution in [2.75, 3.05) is 31.0 Å². The molecule has 1 unspecified atom stereocenters. The van der Waals surface area contributed by atoms with Gasteiger partial charge in [-0.25, -0.2) is 15.8 Å². The molecule has 1 heterocycles. The third-order valence-electron chi connectivity index (χ3n) is 2.48. The van der Waals surface area contributed by atoms with E-state index in [1.165, 1.54) is 0 Å². The lowest BCUT2D eigenvalue weighted by atomic mass is 10.0. The number of nitrogens with two attached hydrogens (primary N) is 1. The number of rotatable bonds is 7. The lowest BCUT2D eigenvalue weighted by Gasteiger charge is -2.23. The van der Waals surface area contributed by atoms with E-state index >= 15 is 0 Å². The van der Waals surface area contributed by atoms with Crippen LogP contribution in [0.15, 0.2) is 6.07 Å². The van der Waals surface area contributed by atoms with Crippen LogP contribution in [-0.2, 0) is 4.74 Å². The molecule has 18 heavy (non-hydrogen) atoms. The van der Waals surface area contributed by atoms with Gasteiger partial charge in [-0.2, -0.15) is 0 Å². The zero-order valence-corrected chi connectivity index (χ0v) is 11.0. The van der Waals surface area contributed by atoms with E-state index in [-0.39, 0.29) is 0 Å². The van der Waals surface area contributed by atoms with Crippen LogP contribution in [0, 0.1) is 6.92 Å². The second-order valence-electron chi connectivity index (χ2n) is 4.42. The van der Waals surface area contributed by atoms with Crippen LogP contribution in [0.25, 0.3) is 0 Å². The van der Waals surface area contributed by atoms with Crippen molar-refractivity contribution >= 4 is 11.6 Å². The van der Waals surface area contributed by atoms with Crippen molar-refractivity contribution in [3.63, 3.8) is 0 Å². The molecule has 1 rings (SSSR count). The Kier molecular flexibility index (Phi) is 5.26. The fraction of sp³-hybridized carbons (Fsp3) is 0.636. The Morgan fingerprint density at radius 1 is 1.44 bits per heavy atom. The van der Waals surface area contributed by atoms with E-state index in [4.69, 9.17) is 10.6 Å². The number of aryl methyl sites for hydroxylation is 1. The second-order valence-corrected chi connectivity index (χ2v) is 4.42. The van der Waals surface area contributed by atoms with Crippen molar-refractivity contribution in [3.05, 3.63) is 11.9 Å². The minimum atomic E-state index is -0.856. The summed E-state index contributed by atoms with van der Waals surface area (Å²) in [5.41, 5.74) is 1.61. The Bertz CT molecular complexity index is 384. The van der Waals surface area contributed by atoms with Gasteiger partial charge in [-0.05, 0) is 13.8 Å². The number of hydrazine groups is 1. The number of nitrogens with one attached hydrogen (secondary N) is 2. The van der Waals surface area contributed by atoms with Gasteiger partial charge in [0.25, 0.3) is 0 Å². The highest BCUT2D eigenvalue weighted by Gasteiger charge is 2.19. The maximum atomic E-state index is 10.1. The Hall–Kier alpha value is -1.44. The molecule has 1 aromatic rings. The summed E-state index contributed by atoms with van der Waals surface area (Å²) in [5.74, 6) is 7.05. The average molecular weight is 255 g/mol. The molecule has 0 aliphatic heterocycles. The Morgan fingerprint density at radius 3 is 2.72 bits per heavy atom. The zero-order chi connectivity index (χ0) is 13.6. The van der Waals surface area contributed by atoms with Crippen LogP contribution >= 0.6 is 0 Å². The van der Waals surface area contributed by atoms with Crippen LogP contribution in [0.1, 0.15) is 19.2 Å². The molecule has 0 fully saturated rings. The lowest BCUT2D eigenvalue weighted by Crippen LogP contribution is -2.35. The number of hydrogen-bond acceptors (Lipinski definition) is 7. The Balaban J connectivity index is 2.59. The smallest absolute Gasteiger partial charge is 0.145 e. The number of aromatic nitrogens is 2. The molecule has 0 spiro atoms. The average Bonchev–Trinajstić information content (AvgIpc) is 2.33. The standard InChI is InChI=1S/C11H21N5O2/c1-8-14-9(6-10(15-8)16-12)13-7-11(2,17)4-5-18-3/h6,17H,4-5,7,12H2,1-3H3,(H2,13,14,15,16). The normalized spacial score (nSPS) is 14.1. The van der Waals surface area contributed by atoms with Gasteiger partial charge in [-0.3, -0.25) is 0 Å². The maximum absolute atomic E-state index is 10.1. The van der Waals surface area contributed by atoms with Crippen molar-refractivity contribution in [2.24, 2.45) is 5.84 Å². The Labute approximate surface area is 107 Å². The molecular formula is C11H21N5O2. The highest BCUT2D eigenvalue weighted by atomic mass is 16.5. The summed E-state index contributed by atoms with van der Waals surface area (Å²) >= 11 is 0. The van der Waals surface area contributed by atoms with Gasteiger partial charge < -0.3 is 20.6 Å². The first-order valence-electron chi connectivity index (χ1n) is 5.74. The number of aliphatic hydroxyl groups is 1.